The zero-order valence-corrected chi connectivity index (χ0v) is 10.2. The van der Waals surface area contributed by atoms with Crippen molar-refractivity contribution in [3.05, 3.63) is 17.3 Å². The van der Waals surface area contributed by atoms with E-state index >= 15 is 0 Å². The maximum absolute atomic E-state index is 7.36. The first-order valence-corrected chi connectivity index (χ1v) is 5.53. The summed E-state index contributed by atoms with van der Waals surface area (Å²) in [5.41, 5.74) is 3.16. The number of hydrogen-bond acceptors (Lipinski definition) is 2. The van der Waals surface area contributed by atoms with Gasteiger partial charge in [0, 0.05) is 18.5 Å². The fourth-order valence-electron chi connectivity index (χ4n) is 1.59. The van der Waals surface area contributed by atoms with Crippen molar-refractivity contribution in [3.63, 3.8) is 0 Å². The molecule has 0 saturated heterocycles. The maximum Gasteiger partial charge on any atom is 0.111 e. The Balaban J connectivity index is 2.51. The quantitative estimate of drug-likeness (QED) is 0.501. The molecule has 0 atom stereocenters. The second-order valence-corrected chi connectivity index (χ2v) is 4.02. The Labute approximate surface area is 96.7 Å². The minimum Gasteiger partial charge on any atom is -0.345 e. The zero-order valence-electron chi connectivity index (χ0n) is 10.2. The van der Waals surface area contributed by atoms with Crippen molar-refractivity contribution in [2.45, 2.75) is 33.1 Å². The van der Waals surface area contributed by atoms with E-state index < -0.39 is 0 Å². The van der Waals surface area contributed by atoms with Crippen molar-refractivity contribution in [1.29, 1.82) is 5.41 Å². The van der Waals surface area contributed by atoms with E-state index in [2.05, 4.69) is 28.3 Å². The molecule has 1 aromatic heterocycles. The summed E-state index contributed by atoms with van der Waals surface area (Å²) in [5.74, 6) is 1.01. The van der Waals surface area contributed by atoms with Crippen molar-refractivity contribution in [2.24, 2.45) is 4.99 Å². The Morgan fingerprint density at radius 2 is 2.38 bits per heavy atom. The van der Waals surface area contributed by atoms with Crippen molar-refractivity contribution < 1.29 is 0 Å². The van der Waals surface area contributed by atoms with Crippen molar-refractivity contribution in [3.8, 4) is 0 Å². The number of nitrogens with zero attached hydrogens (tertiary/aromatic N) is 1. The second-order valence-electron chi connectivity index (χ2n) is 4.02. The molecule has 0 aliphatic heterocycles. The van der Waals surface area contributed by atoms with Crippen LogP contribution in [0.1, 0.15) is 31.0 Å². The monoisotopic (exact) mass is 220 g/mol. The van der Waals surface area contributed by atoms with Gasteiger partial charge < -0.3 is 15.7 Å². The van der Waals surface area contributed by atoms with Gasteiger partial charge in [-0.1, -0.05) is 0 Å². The summed E-state index contributed by atoms with van der Waals surface area (Å²) in [7, 11) is 1.74. The van der Waals surface area contributed by atoms with Gasteiger partial charge in [-0.15, -0.1) is 0 Å². The van der Waals surface area contributed by atoms with Crippen LogP contribution in [0.25, 0.3) is 0 Å². The minimum absolute atomic E-state index is 0.750. The number of hydrogen-bond donors (Lipinski definition) is 3. The van der Waals surface area contributed by atoms with Crippen LogP contribution in [0.15, 0.2) is 11.1 Å². The number of aryl methyl sites for hydroxylation is 2. The van der Waals surface area contributed by atoms with E-state index in [4.69, 9.17) is 5.41 Å². The molecule has 1 heterocycles. The molecule has 0 amide bonds. The molecule has 16 heavy (non-hydrogen) atoms. The highest BCUT2D eigenvalue weighted by atomic mass is 15.0. The number of aliphatic imine (C=N–C) groups is 1. The fourth-order valence-corrected chi connectivity index (χ4v) is 1.59. The van der Waals surface area contributed by atoms with Crippen LogP contribution in [-0.2, 0) is 6.42 Å². The third-order valence-electron chi connectivity index (χ3n) is 2.41. The van der Waals surface area contributed by atoms with E-state index in [0.29, 0.717) is 0 Å². The van der Waals surface area contributed by atoms with Gasteiger partial charge in [0.05, 0.1) is 6.34 Å². The summed E-state index contributed by atoms with van der Waals surface area (Å²) >= 11 is 0. The number of anilines is 1. The van der Waals surface area contributed by atoms with Crippen LogP contribution >= 0.6 is 0 Å². The molecule has 1 rings (SSSR count). The third-order valence-corrected chi connectivity index (χ3v) is 2.41. The number of H-pyrrole nitrogens is 1. The lowest BCUT2D eigenvalue weighted by molar-refractivity contribution is 0.840. The molecule has 0 saturated carbocycles. The normalized spacial score (nSPS) is 10.9. The van der Waals surface area contributed by atoms with Gasteiger partial charge in [-0.25, -0.2) is 0 Å². The molecule has 0 aromatic carbocycles. The van der Waals surface area contributed by atoms with Gasteiger partial charge in [0.2, 0.25) is 0 Å². The number of aromatic nitrogens is 1. The number of aromatic amines is 1. The summed E-state index contributed by atoms with van der Waals surface area (Å²) in [6, 6.07) is 2.14. The molecule has 0 aliphatic carbocycles. The Bertz CT molecular complexity index is 376. The molecule has 4 nitrogen and oxygen atoms in total. The molecule has 4 heteroatoms. The molecular formula is C12H20N4. The number of nitrogens with one attached hydrogen (secondary N) is 3. The van der Waals surface area contributed by atoms with E-state index in [0.717, 1.165) is 30.8 Å². The molecular weight excluding hydrogens is 200 g/mol. The van der Waals surface area contributed by atoms with Crippen molar-refractivity contribution in [2.75, 3.05) is 12.4 Å². The molecule has 0 unspecified atom stereocenters. The Morgan fingerprint density at radius 1 is 1.62 bits per heavy atom. The largest absolute Gasteiger partial charge is 0.345 e. The lowest BCUT2D eigenvalue weighted by atomic mass is 10.1. The van der Waals surface area contributed by atoms with E-state index in [1.165, 1.54) is 11.3 Å². The van der Waals surface area contributed by atoms with Crippen LogP contribution in [0, 0.1) is 12.3 Å². The van der Waals surface area contributed by atoms with Crippen LogP contribution in [-0.4, -0.2) is 24.1 Å². The topological polar surface area (TPSA) is 64.0 Å². The molecule has 1 aromatic rings. The first-order valence-electron chi connectivity index (χ1n) is 5.53. The standard InChI is InChI=1S/C12H20N4/c1-9-7-11(6-4-5-10(2)13)16-12(9)15-8-14-3/h7-8,13,16H,4-6H2,1-3H3,(H,14,15). The molecule has 0 radical (unpaired) electrons. The van der Waals surface area contributed by atoms with Gasteiger partial charge in [-0.05, 0) is 44.7 Å². The van der Waals surface area contributed by atoms with Crippen LogP contribution in [0.5, 0.6) is 0 Å². The highest BCUT2D eigenvalue weighted by Crippen LogP contribution is 2.16. The predicted molar refractivity (Wildman–Crippen MR) is 69.9 cm³/mol. The molecule has 0 spiro atoms. The highest BCUT2D eigenvalue weighted by Gasteiger charge is 2.03. The van der Waals surface area contributed by atoms with E-state index in [1.54, 1.807) is 13.4 Å². The molecule has 0 fully saturated rings. The van der Waals surface area contributed by atoms with E-state index in [1.807, 2.05) is 6.92 Å². The highest BCUT2D eigenvalue weighted by molar-refractivity contribution is 5.78. The third kappa shape index (κ3) is 3.88. The van der Waals surface area contributed by atoms with Crippen molar-refractivity contribution >= 4 is 17.9 Å². The van der Waals surface area contributed by atoms with Crippen LogP contribution in [0.2, 0.25) is 0 Å². The van der Waals surface area contributed by atoms with Gasteiger partial charge in [-0.2, -0.15) is 0 Å². The Kier molecular flexibility index (Phi) is 4.76. The van der Waals surface area contributed by atoms with E-state index in [-0.39, 0.29) is 0 Å². The van der Waals surface area contributed by atoms with Gasteiger partial charge in [-0.3, -0.25) is 4.99 Å². The summed E-state index contributed by atoms with van der Waals surface area (Å²) in [5, 5.41) is 10.5. The van der Waals surface area contributed by atoms with Crippen molar-refractivity contribution in [1.82, 2.24) is 4.98 Å². The van der Waals surface area contributed by atoms with Crippen LogP contribution < -0.4 is 5.32 Å². The SMILES string of the molecule is CN=CNc1[nH]c(CCCC(C)=N)cc1C. The van der Waals surface area contributed by atoms with Crippen LogP contribution in [0.3, 0.4) is 0 Å². The first-order chi connectivity index (χ1) is 7.63. The molecule has 0 aliphatic rings. The predicted octanol–water partition coefficient (Wildman–Crippen LogP) is 2.76. The summed E-state index contributed by atoms with van der Waals surface area (Å²) in [6.45, 7) is 3.92. The van der Waals surface area contributed by atoms with Gasteiger partial charge >= 0.3 is 0 Å². The summed E-state index contributed by atoms with van der Waals surface area (Å²) in [4.78, 5) is 7.20. The maximum atomic E-state index is 7.36. The van der Waals surface area contributed by atoms with E-state index in [9.17, 15) is 0 Å². The average Bonchev–Trinajstić information content (AvgIpc) is 2.56. The van der Waals surface area contributed by atoms with Gasteiger partial charge in [0.25, 0.3) is 0 Å². The second kappa shape index (κ2) is 6.10. The zero-order chi connectivity index (χ0) is 12.0. The lowest BCUT2D eigenvalue weighted by Gasteiger charge is -1.98. The molecule has 3 N–H and O–H groups in total. The smallest absolute Gasteiger partial charge is 0.111 e. The Hall–Kier alpha value is -1.58. The fraction of sp³-hybridized carbons (Fsp3) is 0.500. The Morgan fingerprint density at radius 3 is 3.00 bits per heavy atom. The summed E-state index contributed by atoms with van der Waals surface area (Å²) in [6.07, 6.45) is 4.56. The van der Waals surface area contributed by atoms with Gasteiger partial charge in [0.15, 0.2) is 0 Å². The minimum atomic E-state index is 0.750. The lowest BCUT2D eigenvalue weighted by Crippen LogP contribution is -1.97. The number of rotatable bonds is 6. The van der Waals surface area contributed by atoms with Crippen LogP contribution in [0.4, 0.5) is 5.82 Å². The molecule has 0 bridgehead atoms. The van der Waals surface area contributed by atoms with Gasteiger partial charge in [0.1, 0.15) is 5.82 Å². The average molecular weight is 220 g/mol. The summed E-state index contributed by atoms with van der Waals surface area (Å²) < 4.78 is 0. The first kappa shape index (κ1) is 12.5. The molecule has 88 valence electrons.